The second kappa shape index (κ2) is 7.66. The Balaban J connectivity index is 1.56. The lowest BCUT2D eigenvalue weighted by atomic mass is 10.0. The maximum atomic E-state index is 12.2. The average molecular weight is 335 g/mol. The maximum absolute atomic E-state index is 12.2. The van der Waals surface area contributed by atoms with Crippen molar-refractivity contribution in [1.29, 1.82) is 0 Å². The summed E-state index contributed by atoms with van der Waals surface area (Å²) >= 11 is 0. The zero-order chi connectivity index (χ0) is 17.6. The van der Waals surface area contributed by atoms with Crippen LogP contribution in [-0.2, 0) is 16.0 Å². The van der Waals surface area contributed by atoms with Crippen molar-refractivity contribution < 1.29 is 9.59 Å². The van der Waals surface area contributed by atoms with Crippen LogP contribution in [0.2, 0.25) is 0 Å². The molecule has 0 saturated carbocycles. The van der Waals surface area contributed by atoms with Crippen LogP contribution in [-0.4, -0.2) is 16.8 Å². The zero-order valence-corrected chi connectivity index (χ0v) is 13.9. The van der Waals surface area contributed by atoms with Gasteiger partial charge in [-0.25, -0.2) is 0 Å². The van der Waals surface area contributed by atoms with Crippen molar-refractivity contribution in [2.75, 3.05) is 0 Å². The number of fused-ring (bicyclic) bond motifs is 1. The van der Waals surface area contributed by atoms with Gasteiger partial charge < -0.3 is 16.0 Å². The number of benzene rings is 2. The SMILES string of the molecule is NC(=O)[C@@H](NC(=O)CCCc1c[nH]c2ccccc12)c1ccccc1. The summed E-state index contributed by atoms with van der Waals surface area (Å²) in [4.78, 5) is 27.1. The summed E-state index contributed by atoms with van der Waals surface area (Å²) in [5.41, 5.74) is 8.41. The molecule has 0 bridgehead atoms. The van der Waals surface area contributed by atoms with Crippen molar-refractivity contribution in [3.8, 4) is 0 Å². The minimum Gasteiger partial charge on any atom is -0.368 e. The standard InChI is InChI=1S/C20H21N3O2/c21-20(25)19(14-7-2-1-3-8-14)23-18(24)12-6-9-15-13-22-17-11-5-4-10-16(15)17/h1-5,7-8,10-11,13,19,22H,6,9,12H2,(H2,21,25)(H,23,24)/t19-/m0/s1. The monoisotopic (exact) mass is 335 g/mol. The van der Waals surface area contributed by atoms with Gasteiger partial charge in [0.25, 0.3) is 0 Å². The van der Waals surface area contributed by atoms with Crippen LogP contribution in [0.25, 0.3) is 10.9 Å². The number of hydrogen-bond acceptors (Lipinski definition) is 2. The van der Waals surface area contributed by atoms with Crippen LogP contribution in [0.4, 0.5) is 0 Å². The number of para-hydroxylation sites is 1. The molecule has 0 unspecified atom stereocenters. The molecule has 1 aromatic heterocycles. The Kier molecular flexibility index (Phi) is 5.14. The van der Waals surface area contributed by atoms with Crippen molar-refractivity contribution in [3.05, 3.63) is 71.9 Å². The van der Waals surface area contributed by atoms with E-state index in [1.165, 1.54) is 10.9 Å². The number of carbonyl (C=O) groups excluding carboxylic acids is 2. The fourth-order valence-electron chi connectivity index (χ4n) is 2.98. The van der Waals surface area contributed by atoms with E-state index < -0.39 is 11.9 Å². The third-order valence-electron chi connectivity index (χ3n) is 4.25. The molecule has 0 aliphatic rings. The first-order chi connectivity index (χ1) is 12.1. The van der Waals surface area contributed by atoms with Gasteiger partial charge in [0.05, 0.1) is 0 Å². The highest BCUT2D eigenvalue weighted by molar-refractivity contribution is 5.87. The van der Waals surface area contributed by atoms with E-state index >= 15 is 0 Å². The second-order valence-corrected chi connectivity index (χ2v) is 6.03. The Labute approximate surface area is 146 Å². The molecular formula is C20H21N3O2. The Morgan fingerprint density at radius 3 is 2.52 bits per heavy atom. The van der Waals surface area contributed by atoms with Gasteiger partial charge in [-0.05, 0) is 30.0 Å². The summed E-state index contributed by atoms with van der Waals surface area (Å²) in [5, 5.41) is 3.91. The van der Waals surface area contributed by atoms with Crippen molar-refractivity contribution in [1.82, 2.24) is 10.3 Å². The number of amides is 2. The van der Waals surface area contributed by atoms with E-state index in [0.29, 0.717) is 18.4 Å². The molecule has 3 aromatic rings. The zero-order valence-electron chi connectivity index (χ0n) is 13.9. The molecule has 0 aliphatic carbocycles. The number of aryl methyl sites for hydroxylation is 1. The molecular weight excluding hydrogens is 314 g/mol. The largest absolute Gasteiger partial charge is 0.368 e. The quantitative estimate of drug-likeness (QED) is 0.620. The first-order valence-electron chi connectivity index (χ1n) is 8.34. The van der Waals surface area contributed by atoms with Crippen LogP contribution in [0.1, 0.15) is 30.0 Å². The fourth-order valence-corrected chi connectivity index (χ4v) is 2.98. The smallest absolute Gasteiger partial charge is 0.244 e. The van der Waals surface area contributed by atoms with Crippen LogP contribution in [0.15, 0.2) is 60.8 Å². The molecule has 25 heavy (non-hydrogen) atoms. The Morgan fingerprint density at radius 1 is 1.04 bits per heavy atom. The minimum atomic E-state index is -0.790. The molecule has 0 radical (unpaired) electrons. The predicted molar refractivity (Wildman–Crippen MR) is 97.8 cm³/mol. The number of nitrogens with two attached hydrogens (primary N) is 1. The molecule has 5 heteroatoms. The number of aromatic nitrogens is 1. The summed E-state index contributed by atoms with van der Waals surface area (Å²) in [5.74, 6) is -0.733. The van der Waals surface area contributed by atoms with Crippen LogP contribution in [0, 0.1) is 0 Å². The van der Waals surface area contributed by atoms with Gasteiger partial charge in [-0.2, -0.15) is 0 Å². The van der Waals surface area contributed by atoms with Crippen molar-refractivity contribution in [2.45, 2.75) is 25.3 Å². The topological polar surface area (TPSA) is 88.0 Å². The summed E-state index contributed by atoms with van der Waals surface area (Å²) < 4.78 is 0. The number of H-pyrrole nitrogens is 1. The van der Waals surface area contributed by atoms with Crippen LogP contribution >= 0.6 is 0 Å². The number of rotatable bonds is 7. The number of nitrogens with one attached hydrogen (secondary N) is 2. The lowest BCUT2D eigenvalue weighted by molar-refractivity contribution is -0.127. The van der Waals surface area contributed by atoms with Crippen LogP contribution < -0.4 is 11.1 Å². The average Bonchev–Trinajstić information content (AvgIpc) is 3.03. The Morgan fingerprint density at radius 2 is 1.76 bits per heavy atom. The molecule has 1 heterocycles. The summed E-state index contributed by atoms with van der Waals surface area (Å²) in [6.45, 7) is 0. The molecule has 0 saturated heterocycles. The minimum absolute atomic E-state index is 0.174. The van der Waals surface area contributed by atoms with Gasteiger partial charge in [0.2, 0.25) is 11.8 Å². The summed E-state index contributed by atoms with van der Waals surface area (Å²) in [7, 11) is 0. The molecule has 4 N–H and O–H groups in total. The van der Waals surface area contributed by atoms with E-state index in [9.17, 15) is 9.59 Å². The van der Waals surface area contributed by atoms with Gasteiger partial charge >= 0.3 is 0 Å². The molecule has 0 spiro atoms. The highest BCUT2D eigenvalue weighted by atomic mass is 16.2. The fraction of sp³-hybridized carbons (Fsp3) is 0.200. The highest BCUT2D eigenvalue weighted by Crippen LogP contribution is 2.19. The lowest BCUT2D eigenvalue weighted by Gasteiger charge is -2.15. The molecule has 2 aromatic carbocycles. The molecule has 0 aliphatic heterocycles. The van der Waals surface area contributed by atoms with E-state index in [2.05, 4.69) is 16.4 Å². The van der Waals surface area contributed by atoms with E-state index in [1.54, 1.807) is 12.1 Å². The lowest BCUT2D eigenvalue weighted by Crippen LogP contribution is -2.37. The van der Waals surface area contributed by atoms with Crippen LogP contribution in [0.5, 0.6) is 0 Å². The van der Waals surface area contributed by atoms with E-state index in [-0.39, 0.29) is 5.91 Å². The van der Waals surface area contributed by atoms with Gasteiger partial charge in [-0.1, -0.05) is 48.5 Å². The van der Waals surface area contributed by atoms with Gasteiger partial charge in [-0.15, -0.1) is 0 Å². The maximum Gasteiger partial charge on any atom is 0.244 e. The third-order valence-corrected chi connectivity index (χ3v) is 4.25. The number of carbonyl (C=O) groups is 2. The third kappa shape index (κ3) is 4.07. The van der Waals surface area contributed by atoms with Gasteiger partial charge in [0, 0.05) is 23.5 Å². The normalized spacial score (nSPS) is 12.0. The second-order valence-electron chi connectivity index (χ2n) is 6.03. The van der Waals surface area contributed by atoms with Gasteiger partial charge in [0.1, 0.15) is 6.04 Å². The highest BCUT2D eigenvalue weighted by Gasteiger charge is 2.19. The number of primary amides is 1. The van der Waals surface area contributed by atoms with E-state index in [4.69, 9.17) is 5.73 Å². The summed E-state index contributed by atoms with van der Waals surface area (Å²) in [6.07, 6.45) is 3.83. The molecule has 5 nitrogen and oxygen atoms in total. The first-order valence-corrected chi connectivity index (χ1v) is 8.34. The number of aromatic amines is 1. The van der Waals surface area contributed by atoms with Gasteiger partial charge in [0.15, 0.2) is 0 Å². The van der Waals surface area contributed by atoms with E-state index in [1.807, 2.05) is 42.6 Å². The van der Waals surface area contributed by atoms with Crippen molar-refractivity contribution in [3.63, 3.8) is 0 Å². The molecule has 2 amide bonds. The van der Waals surface area contributed by atoms with Crippen molar-refractivity contribution >= 4 is 22.7 Å². The van der Waals surface area contributed by atoms with Crippen LogP contribution in [0.3, 0.4) is 0 Å². The Hall–Kier alpha value is -3.08. The first kappa shape index (κ1) is 16.8. The molecule has 1 atom stereocenters. The Bertz CT molecular complexity index is 871. The van der Waals surface area contributed by atoms with Gasteiger partial charge in [-0.3, -0.25) is 9.59 Å². The number of hydrogen-bond donors (Lipinski definition) is 3. The molecule has 3 rings (SSSR count). The molecule has 0 fully saturated rings. The predicted octanol–water partition coefficient (Wildman–Crippen LogP) is 2.83. The van der Waals surface area contributed by atoms with Crippen molar-refractivity contribution in [2.24, 2.45) is 5.73 Å². The summed E-state index contributed by atoms with van der Waals surface area (Å²) in [6, 6.07) is 16.3. The van der Waals surface area contributed by atoms with E-state index in [0.717, 1.165) is 11.9 Å². The molecule has 128 valence electrons.